The molecular weight excluding hydrogens is 238 g/mol. The topological polar surface area (TPSA) is 51.4 Å². The van der Waals surface area contributed by atoms with E-state index in [4.69, 9.17) is 10.5 Å². The van der Waals surface area contributed by atoms with Gasteiger partial charge in [0, 0.05) is 17.1 Å². The zero-order valence-corrected chi connectivity index (χ0v) is 12.0. The highest BCUT2D eigenvalue weighted by Gasteiger charge is 2.21. The number of ether oxygens (including phenoxy) is 1. The Labute approximate surface area is 114 Å². The van der Waals surface area contributed by atoms with E-state index in [9.17, 15) is 0 Å². The molecule has 0 spiro atoms. The summed E-state index contributed by atoms with van der Waals surface area (Å²) in [6.45, 7) is 4.89. The van der Waals surface area contributed by atoms with Crippen LogP contribution >= 0.6 is 0 Å². The summed E-state index contributed by atoms with van der Waals surface area (Å²) in [6.07, 6.45) is 1.73. The summed E-state index contributed by atoms with van der Waals surface area (Å²) < 4.78 is 5.96. The Kier molecular flexibility index (Phi) is 3.62. The monoisotopic (exact) mass is 259 g/mol. The SMILES string of the molecule is CN(C)C(C)(C)COc1ccnc2c(N)cccc12. The van der Waals surface area contributed by atoms with Crippen molar-refractivity contribution in [3.63, 3.8) is 0 Å². The van der Waals surface area contributed by atoms with E-state index in [1.165, 1.54) is 0 Å². The first-order chi connectivity index (χ1) is 8.92. The van der Waals surface area contributed by atoms with Gasteiger partial charge >= 0.3 is 0 Å². The van der Waals surface area contributed by atoms with Gasteiger partial charge in [-0.05, 0) is 46.1 Å². The zero-order valence-electron chi connectivity index (χ0n) is 12.0. The van der Waals surface area contributed by atoms with Gasteiger partial charge in [-0.3, -0.25) is 4.98 Å². The molecule has 0 saturated heterocycles. The smallest absolute Gasteiger partial charge is 0.130 e. The van der Waals surface area contributed by atoms with Crippen molar-refractivity contribution in [2.24, 2.45) is 0 Å². The van der Waals surface area contributed by atoms with E-state index in [0.29, 0.717) is 12.3 Å². The third-order valence-corrected chi connectivity index (χ3v) is 3.55. The van der Waals surface area contributed by atoms with Gasteiger partial charge in [0.25, 0.3) is 0 Å². The molecule has 0 unspecified atom stereocenters. The lowest BCUT2D eigenvalue weighted by Gasteiger charge is -2.32. The van der Waals surface area contributed by atoms with Crippen molar-refractivity contribution < 1.29 is 4.74 Å². The predicted octanol–water partition coefficient (Wildman–Crippen LogP) is 2.54. The number of anilines is 1. The van der Waals surface area contributed by atoms with Gasteiger partial charge < -0.3 is 15.4 Å². The molecule has 0 amide bonds. The highest BCUT2D eigenvalue weighted by atomic mass is 16.5. The quantitative estimate of drug-likeness (QED) is 0.857. The fourth-order valence-electron chi connectivity index (χ4n) is 1.68. The largest absolute Gasteiger partial charge is 0.491 e. The second kappa shape index (κ2) is 5.05. The molecule has 4 heteroatoms. The van der Waals surface area contributed by atoms with Crippen molar-refractivity contribution in [1.82, 2.24) is 9.88 Å². The molecule has 0 aliphatic heterocycles. The van der Waals surface area contributed by atoms with Crippen LogP contribution in [0, 0.1) is 0 Å². The minimum absolute atomic E-state index is 0.0318. The Balaban J connectivity index is 2.29. The second-order valence-electron chi connectivity index (χ2n) is 5.55. The molecule has 4 nitrogen and oxygen atoms in total. The van der Waals surface area contributed by atoms with Crippen LogP contribution in [0.1, 0.15) is 13.8 Å². The molecule has 0 atom stereocenters. The molecule has 1 aromatic carbocycles. The van der Waals surface area contributed by atoms with E-state index in [-0.39, 0.29) is 5.54 Å². The molecule has 0 radical (unpaired) electrons. The lowest BCUT2D eigenvalue weighted by atomic mass is 10.1. The van der Waals surface area contributed by atoms with E-state index in [1.807, 2.05) is 38.4 Å². The number of nitrogens with two attached hydrogens (primary N) is 1. The van der Waals surface area contributed by atoms with Crippen molar-refractivity contribution in [3.05, 3.63) is 30.5 Å². The number of hydrogen-bond acceptors (Lipinski definition) is 4. The number of likely N-dealkylation sites (N-methyl/N-ethyl adjacent to an activating group) is 1. The predicted molar refractivity (Wildman–Crippen MR) is 79.4 cm³/mol. The highest BCUT2D eigenvalue weighted by Crippen LogP contribution is 2.28. The van der Waals surface area contributed by atoms with Crippen LogP contribution in [0.5, 0.6) is 5.75 Å². The van der Waals surface area contributed by atoms with Gasteiger partial charge in [0.2, 0.25) is 0 Å². The number of rotatable bonds is 4. The molecule has 0 fully saturated rings. The van der Waals surface area contributed by atoms with Gasteiger partial charge in [-0.1, -0.05) is 6.07 Å². The Morgan fingerprint density at radius 3 is 2.68 bits per heavy atom. The fraction of sp³-hybridized carbons (Fsp3) is 0.400. The Morgan fingerprint density at radius 1 is 1.26 bits per heavy atom. The molecule has 19 heavy (non-hydrogen) atoms. The molecule has 0 aliphatic rings. The molecule has 1 heterocycles. The minimum Gasteiger partial charge on any atom is -0.491 e. The van der Waals surface area contributed by atoms with Crippen LogP contribution in [0.3, 0.4) is 0 Å². The number of hydrogen-bond donors (Lipinski definition) is 1. The molecule has 2 rings (SSSR count). The molecule has 2 aromatic rings. The molecule has 1 aromatic heterocycles. The van der Waals surface area contributed by atoms with E-state index in [2.05, 4.69) is 23.7 Å². The zero-order chi connectivity index (χ0) is 14.0. The van der Waals surface area contributed by atoms with Crippen LogP contribution in [0.25, 0.3) is 10.9 Å². The maximum absolute atomic E-state index is 5.96. The number of nitrogens with zero attached hydrogens (tertiary/aromatic N) is 2. The van der Waals surface area contributed by atoms with Gasteiger partial charge in [-0.15, -0.1) is 0 Å². The van der Waals surface area contributed by atoms with E-state index < -0.39 is 0 Å². The van der Waals surface area contributed by atoms with Crippen LogP contribution in [0.15, 0.2) is 30.5 Å². The molecular formula is C15H21N3O. The first kappa shape index (κ1) is 13.6. The third-order valence-electron chi connectivity index (χ3n) is 3.55. The van der Waals surface area contributed by atoms with Gasteiger partial charge in [0.1, 0.15) is 12.4 Å². The van der Waals surface area contributed by atoms with Gasteiger partial charge in [-0.25, -0.2) is 0 Å². The Hall–Kier alpha value is -1.81. The summed E-state index contributed by atoms with van der Waals surface area (Å²) in [6, 6.07) is 7.64. The average Bonchev–Trinajstić information content (AvgIpc) is 2.37. The first-order valence-corrected chi connectivity index (χ1v) is 6.35. The number of para-hydroxylation sites is 1. The van der Waals surface area contributed by atoms with Crippen LogP contribution in [-0.2, 0) is 0 Å². The van der Waals surface area contributed by atoms with Crippen LogP contribution in [-0.4, -0.2) is 36.1 Å². The Bertz CT molecular complexity index is 579. The second-order valence-corrected chi connectivity index (χ2v) is 5.55. The van der Waals surface area contributed by atoms with E-state index in [0.717, 1.165) is 16.7 Å². The van der Waals surface area contributed by atoms with Gasteiger partial charge in [-0.2, -0.15) is 0 Å². The standard InChI is InChI=1S/C15H21N3O/c1-15(2,18(3)4)10-19-13-8-9-17-14-11(13)6-5-7-12(14)16/h5-9H,10,16H2,1-4H3. The molecule has 0 saturated carbocycles. The summed E-state index contributed by atoms with van der Waals surface area (Å²) in [4.78, 5) is 6.45. The van der Waals surface area contributed by atoms with Gasteiger partial charge in [0.15, 0.2) is 0 Å². The lowest BCUT2D eigenvalue weighted by Crippen LogP contribution is -2.43. The van der Waals surface area contributed by atoms with Crippen molar-refractivity contribution >= 4 is 16.6 Å². The number of pyridine rings is 1. The lowest BCUT2D eigenvalue weighted by molar-refractivity contribution is 0.115. The third kappa shape index (κ3) is 2.79. The summed E-state index contributed by atoms with van der Waals surface area (Å²) in [5.74, 6) is 0.826. The minimum atomic E-state index is -0.0318. The maximum atomic E-state index is 5.96. The van der Waals surface area contributed by atoms with E-state index in [1.54, 1.807) is 6.20 Å². The van der Waals surface area contributed by atoms with Gasteiger partial charge in [0.05, 0.1) is 11.2 Å². The summed E-state index contributed by atoms with van der Waals surface area (Å²) in [5.41, 5.74) is 7.37. The van der Waals surface area contributed by atoms with Crippen molar-refractivity contribution in [2.45, 2.75) is 19.4 Å². The van der Waals surface area contributed by atoms with E-state index >= 15 is 0 Å². The highest BCUT2D eigenvalue weighted by molar-refractivity contribution is 5.93. The molecule has 0 aliphatic carbocycles. The number of fused-ring (bicyclic) bond motifs is 1. The number of nitrogen functional groups attached to an aromatic ring is 1. The summed E-state index contributed by atoms with van der Waals surface area (Å²) >= 11 is 0. The van der Waals surface area contributed by atoms with Crippen LogP contribution in [0.4, 0.5) is 5.69 Å². The normalized spacial score (nSPS) is 12.1. The molecule has 2 N–H and O–H groups in total. The van der Waals surface area contributed by atoms with Crippen LogP contribution < -0.4 is 10.5 Å². The van der Waals surface area contributed by atoms with Crippen molar-refractivity contribution in [2.75, 3.05) is 26.4 Å². The average molecular weight is 259 g/mol. The summed E-state index contributed by atoms with van der Waals surface area (Å²) in [7, 11) is 4.10. The van der Waals surface area contributed by atoms with Crippen LogP contribution in [0.2, 0.25) is 0 Å². The number of aromatic nitrogens is 1. The molecule has 0 bridgehead atoms. The first-order valence-electron chi connectivity index (χ1n) is 6.35. The fourth-order valence-corrected chi connectivity index (χ4v) is 1.68. The maximum Gasteiger partial charge on any atom is 0.130 e. The summed E-state index contributed by atoms with van der Waals surface area (Å²) in [5, 5.41) is 0.956. The van der Waals surface area contributed by atoms with Crippen molar-refractivity contribution in [1.29, 1.82) is 0 Å². The number of benzene rings is 1. The Morgan fingerprint density at radius 2 is 2.00 bits per heavy atom. The molecule has 102 valence electrons. The van der Waals surface area contributed by atoms with Crippen molar-refractivity contribution in [3.8, 4) is 5.75 Å².